The number of halogens is 2. The van der Waals surface area contributed by atoms with Gasteiger partial charge >= 0.3 is 0 Å². The SMILES string of the molecule is Cc1ccc(/C=c2\sc3n(c2=O)[C@@H](c2ccc(Br)cc2)C2=C(N=3)c3ccccc3CC2)cc1Br. The normalized spacial score (nSPS) is 17.1. The number of thiazole rings is 1. The van der Waals surface area contributed by atoms with Crippen LogP contribution in [0.3, 0.4) is 0 Å². The van der Waals surface area contributed by atoms with Gasteiger partial charge in [0.15, 0.2) is 4.80 Å². The van der Waals surface area contributed by atoms with E-state index in [1.54, 1.807) is 0 Å². The quantitative estimate of drug-likeness (QED) is 0.275. The Morgan fingerprint density at radius 3 is 2.62 bits per heavy atom. The number of benzene rings is 3. The molecule has 0 radical (unpaired) electrons. The molecular formula is C28H20Br2N2OS. The molecule has 6 heteroatoms. The molecule has 34 heavy (non-hydrogen) atoms. The summed E-state index contributed by atoms with van der Waals surface area (Å²) in [5.41, 5.74) is 8.04. The minimum atomic E-state index is -0.153. The first-order chi connectivity index (χ1) is 16.5. The maximum atomic E-state index is 13.8. The molecule has 0 N–H and O–H groups in total. The third-order valence-electron chi connectivity index (χ3n) is 6.55. The Balaban J connectivity index is 1.62. The zero-order valence-corrected chi connectivity index (χ0v) is 22.4. The summed E-state index contributed by atoms with van der Waals surface area (Å²) in [5.74, 6) is 0. The van der Waals surface area contributed by atoms with Crippen molar-refractivity contribution in [2.24, 2.45) is 4.99 Å². The van der Waals surface area contributed by atoms with Gasteiger partial charge in [0.2, 0.25) is 0 Å². The monoisotopic (exact) mass is 590 g/mol. The van der Waals surface area contributed by atoms with Crippen LogP contribution < -0.4 is 14.9 Å². The Morgan fingerprint density at radius 1 is 1.03 bits per heavy atom. The van der Waals surface area contributed by atoms with E-state index >= 15 is 0 Å². The molecule has 0 fully saturated rings. The fourth-order valence-electron chi connectivity index (χ4n) is 4.82. The van der Waals surface area contributed by atoms with E-state index in [4.69, 9.17) is 4.99 Å². The number of aromatic nitrogens is 1. The van der Waals surface area contributed by atoms with Crippen LogP contribution in [0.5, 0.6) is 0 Å². The Hall–Kier alpha value is -2.54. The largest absolute Gasteiger partial charge is 0.272 e. The molecule has 4 aromatic rings. The Kier molecular flexibility index (Phi) is 5.55. The van der Waals surface area contributed by atoms with Crippen molar-refractivity contribution < 1.29 is 0 Å². The van der Waals surface area contributed by atoms with E-state index in [9.17, 15) is 4.79 Å². The van der Waals surface area contributed by atoms with Crippen LogP contribution in [-0.2, 0) is 6.42 Å². The number of rotatable bonds is 2. The van der Waals surface area contributed by atoms with Crippen LogP contribution >= 0.6 is 43.2 Å². The highest BCUT2D eigenvalue weighted by molar-refractivity contribution is 9.10. The Bertz CT molecular complexity index is 1660. The number of hydrogen-bond donors (Lipinski definition) is 0. The van der Waals surface area contributed by atoms with Gasteiger partial charge in [-0.2, -0.15) is 0 Å². The maximum Gasteiger partial charge on any atom is 0.271 e. The van der Waals surface area contributed by atoms with Crippen LogP contribution in [0.4, 0.5) is 0 Å². The molecule has 0 amide bonds. The second kappa shape index (κ2) is 8.59. The molecule has 1 aromatic heterocycles. The zero-order chi connectivity index (χ0) is 23.4. The van der Waals surface area contributed by atoms with Gasteiger partial charge in [0.05, 0.1) is 16.3 Å². The molecule has 1 atom stereocenters. The van der Waals surface area contributed by atoms with E-state index < -0.39 is 0 Å². The predicted octanol–water partition coefficient (Wildman–Crippen LogP) is 6.15. The van der Waals surface area contributed by atoms with E-state index in [2.05, 4.69) is 87.3 Å². The summed E-state index contributed by atoms with van der Waals surface area (Å²) in [6, 6.07) is 22.8. The first kappa shape index (κ1) is 22.0. The van der Waals surface area contributed by atoms with Crippen LogP contribution in [0.15, 0.2) is 91.0 Å². The molecule has 0 unspecified atom stereocenters. The molecule has 0 bridgehead atoms. The summed E-state index contributed by atoms with van der Waals surface area (Å²) in [6.45, 7) is 2.06. The topological polar surface area (TPSA) is 34.4 Å². The van der Waals surface area contributed by atoms with Gasteiger partial charge in [-0.3, -0.25) is 9.36 Å². The van der Waals surface area contributed by atoms with Crippen molar-refractivity contribution in [3.8, 4) is 0 Å². The van der Waals surface area contributed by atoms with E-state index in [-0.39, 0.29) is 11.6 Å². The van der Waals surface area contributed by atoms with Crippen molar-refractivity contribution in [3.05, 3.63) is 129 Å². The molecule has 2 aliphatic rings. The first-order valence-corrected chi connectivity index (χ1v) is 13.5. The summed E-state index contributed by atoms with van der Waals surface area (Å²) < 4.78 is 4.66. The van der Waals surface area contributed by atoms with E-state index in [0.717, 1.165) is 43.4 Å². The van der Waals surface area contributed by atoms with Crippen molar-refractivity contribution in [3.63, 3.8) is 0 Å². The molecule has 0 saturated heterocycles. The van der Waals surface area contributed by atoms with Crippen LogP contribution in [0.1, 0.15) is 40.3 Å². The third-order valence-corrected chi connectivity index (χ3v) is 8.92. The van der Waals surface area contributed by atoms with Crippen LogP contribution in [0.25, 0.3) is 11.8 Å². The Morgan fingerprint density at radius 2 is 1.82 bits per heavy atom. The Labute approximate surface area is 218 Å². The van der Waals surface area contributed by atoms with Gasteiger partial charge in [-0.1, -0.05) is 91.7 Å². The van der Waals surface area contributed by atoms with Gasteiger partial charge in [-0.25, -0.2) is 4.99 Å². The number of aryl methyl sites for hydroxylation is 2. The molecule has 1 aliphatic carbocycles. The van der Waals surface area contributed by atoms with Crippen molar-refractivity contribution in [2.45, 2.75) is 25.8 Å². The van der Waals surface area contributed by atoms with Crippen molar-refractivity contribution in [1.29, 1.82) is 0 Å². The fourth-order valence-corrected chi connectivity index (χ4v) is 6.48. The summed E-state index contributed by atoms with van der Waals surface area (Å²) in [6.07, 6.45) is 3.83. The second-order valence-electron chi connectivity index (χ2n) is 8.67. The van der Waals surface area contributed by atoms with Crippen LogP contribution in [0.2, 0.25) is 0 Å². The standard InChI is InChI=1S/C28H20Br2N2OS/c1-16-6-7-17(14-23(16)30)15-24-27(33)32-26(19-8-11-20(29)12-9-19)22-13-10-18-4-2-3-5-21(18)25(22)31-28(32)34-24/h2-9,11-12,14-15,26H,10,13H2,1H3/b24-15-/t26-/m0/s1. The van der Waals surface area contributed by atoms with Gasteiger partial charge < -0.3 is 0 Å². The van der Waals surface area contributed by atoms with Gasteiger partial charge in [-0.05, 0) is 71.9 Å². The number of hydrogen-bond acceptors (Lipinski definition) is 3. The molecule has 1 aliphatic heterocycles. The average Bonchev–Trinajstić information content (AvgIpc) is 3.15. The van der Waals surface area contributed by atoms with Gasteiger partial charge in [-0.15, -0.1) is 0 Å². The first-order valence-electron chi connectivity index (χ1n) is 11.1. The number of nitrogens with zero attached hydrogens (tertiary/aromatic N) is 2. The lowest BCUT2D eigenvalue weighted by Gasteiger charge is -2.30. The van der Waals surface area contributed by atoms with Crippen LogP contribution in [-0.4, -0.2) is 4.57 Å². The lowest BCUT2D eigenvalue weighted by molar-refractivity contribution is 0.585. The minimum Gasteiger partial charge on any atom is -0.272 e. The molecule has 0 saturated carbocycles. The molecule has 6 rings (SSSR count). The molecular weight excluding hydrogens is 572 g/mol. The average molecular weight is 592 g/mol. The summed E-state index contributed by atoms with van der Waals surface area (Å²) in [7, 11) is 0. The molecule has 3 nitrogen and oxygen atoms in total. The van der Waals surface area contributed by atoms with E-state index in [0.29, 0.717) is 4.53 Å². The summed E-state index contributed by atoms with van der Waals surface area (Å²) in [5, 5.41) is 0. The van der Waals surface area contributed by atoms with Crippen molar-refractivity contribution >= 4 is 55.0 Å². The lowest BCUT2D eigenvalue weighted by atomic mass is 9.83. The lowest BCUT2D eigenvalue weighted by Crippen LogP contribution is -2.38. The smallest absolute Gasteiger partial charge is 0.271 e. The second-order valence-corrected chi connectivity index (χ2v) is 11.5. The highest BCUT2D eigenvalue weighted by atomic mass is 79.9. The maximum absolute atomic E-state index is 13.8. The van der Waals surface area contributed by atoms with Crippen molar-refractivity contribution in [2.75, 3.05) is 0 Å². The summed E-state index contributed by atoms with van der Waals surface area (Å²) in [4.78, 5) is 19.6. The van der Waals surface area contributed by atoms with Crippen LogP contribution in [0, 0.1) is 6.92 Å². The molecule has 0 spiro atoms. The third kappa shape index (κ3) is 3.69. The fraction of sp³-hybridized carbons (Fsp3) is 0.143. The summed E-state index contributed by atoms with van der Waals surface area (Å²) >= 11 is 8.63. The minimum absolute atomic E-state index is 0.0128. The zero-order valence-electron chi connectivity index (χ0n) is 18.4. The molecule has 2 heterocycles. The van der Waals surface area contributed by atoms with E-state index in [1.807, 2.05) is 28.8 Å². The highest BCUT2D eigenvalue weighted by Gasteiger charge is 2.32. The van der Waals surface area contributed by atoms with Crippen molar-refractivity contribution in [1.82, 2.24) is 4.57 Å². The predicted molar refractivity (Wildman–Crippen MR) is 146 cm³/mol. The highest BCUT2D eigenvalue weighted by Crippen LogP contribution is 2.41. The number of allylic oxidation sites excluding steroid dienone is 1. The molecule has 168 valence electrons. The van der Waals surface area contributed by atoms with Gasteiger partial charge in [0, 0.05) is 14.5 Å². The van der Waals surface area contributed by atoms with Gasteiger partial charge in [0.25, 0.3) is 5.56 Å². The van der Waals surface area contributed by atoms with E-state index in [1.165, 1.54) is 33.6 Å². The molecule has 3 aromatic carbocycles. The van der Waals surface area contributed by atoms with Gasteiger partial charge in [0.1, 0.15) is 0 Å². The number of fused-ring (bicyclic) bond motifs is 3.